The molecule has 1 aromatic rings. The third-order valence-electron chi connectivity index (χ3n) is 1.66. The molecule has 0 aliphatic heterocycles. The van der Waals surface area contributed by atoms with Gasteiger partial charge in [0.15, 0.2) is 5.82 Å². The van der Waals surface area contributed by atoms with Crippen LogP contribution in [0, 0.1) is 5.41 Å². The molecule has 3 heteroatoms. The smallest absolute Gasteiger partial charge is 0.226 e. The van der Waals surface area contributed by atoms with Gasteiger partial charge in [-0.1, -0.05) is 32.9 Å². The van der Waals surface area contributed by atoms with Crippen molar-refractivity contribution in [3.05, 3.63) is 11.7 Å². The number of rotatable bonds is 3. The maximum Gasteiger partial charge on any atom is 0.226 e. The zero-order valence-corrected chi connectivity index (χ0v) is 8.92. The van der Waals surface area contributed by atoms with E-state index in [9.17, 15) is 0 Å². The van der Waals surface area contributed by atoms with E-state index in [0.717, 1.165) is 31.0 Å². The normalized spacial score (nSPS) is 12.0. The van der Waals surface area contributed by atoms with Crippen LogP contribution < -0.4 is 0 Å². The van der Waals surface area contributed by atoms with Crippen LogP contribution in [-0.4, -0.2) is 10.1 Å². The van der Waals surface area contributed by atoms with E-state index in [4.69, 9.17) is 4.52 Å². The van der Waals surface area contributed by atoms with Gasteiger partial charge >= 0.3 is 0 Å². The molecule has 0 bridgehead atoms. The van der Waals surface area contributed by atoms with E-state index in [1.165, 1.54) is 0 Å². The van der Waals surface area contributed by atoms with Crippen LogP contribution in [0.1, 0.15) is 45.8 Å². The van der Waals surface area contributed by atoms with Crippen LogP contribution in [0.3, 0.4) is 0 Å². The maximum atomic E-state index is 5.09. The molecule has 0 aliphatic carbocycles. The lowest BCUT2D eigenvalue weighted by Gasteiger charge is -2.14. The highest BCUT2D eigenvalue weighted by molar-refractivity contribution is 4.89. The maximum absolute atomic E-state index is 5.09. The minimum Gasteiger partial charge on any atom is -0.339 e. The first kappa shape index (κ1) is 10.2. The van der Waals surface area contributed by atoms with E-state index in [-0.39, 0.29) is 5.41 Å². The molecule has 3 nitrogen and oxygen atoms in total. The molecule has 0 spiro atoms. The van der Waals surface area contributed by atoms with Crippen LogP contribution in [-0.2, 0) is 12.8 Å². The van der Waals surface area contributed by atoms with E-state index < -0.39 is 0 Å². The molecule has 0 atom stereocenters. The molecular weight excluding hydrogens is 164 g/mol. The number of hydrogen-bond donors (Lipinski definition) is 0. The average molecular weight is 182 g/mol. The Balaban J connectivity index is 2.59. The van der Waals surface area contributed by atoms with Crippen molar-refractivity contribution in [2.45, 2.75) is 47.0 Å². The molecule has 1 rings (SSSR count). The van der Waals surface area contributed by atoms with Crippen molar-refractivity contribution < 1.29 is 4.52 Å². The van der Waals surface area contributed by atoms with Crippen LogP contribution in [0.25, 0.3) is 0 Å². The highest BCUT2D eigenvalue weighted by atomic mass is 16.5. The number of aromatic nitrogens is 2. The van der Waals surface area contributed by atoms with Crippen molar-refractivity contribution in [3.63, 3.8) is 0 Å². The van der Waals surface area contributed by atoms with E-state index in [2.05, 4.69) is 37.8 Å². The Kier molecular flexibility index (Phi) is 3.07. The minimum absolute atomic E-state index is 0.230. The Bertz CT molecular complexity index is 260. The minimum atomic E-state index is 0.230. The van der Waals surface area contributed by atoms with E-state index in [0.29, 0.717) is 0 Å². The van der Waals surface area contributed by atoms with Gasteiger partial charge in [0.25, 0.3) is 0 Å². The molecule has 0 N–H and O–H groups in total. The average Bonchev–Trinajstić information content (AvgIpc) is 2.33. The van der Waals surface area contributed by atoms with Crippen molar-refractivity contribution in [2.75, 3.05) is 0 Å². The second kappa shape index (κ2) is 3.90. The molecule has 1 heterocycles. The third-order valence-corrected chi connectivity index (χ3v) is 1.66. The number of aryl methyl sites for hydroxylation is 1. The first-order valence-electron chi connectivity index (χ1n) is 4.83. The second-order valence-corrected chi connectivity index (χ2v) is 4.59. The highest BCUT2D eigenvalue weighted by Gasteiger charge is 2.15. The van der Waals surface area contributed by atoms with Crippen molar-refractivity contribution in [1.82, 2.24) is 10.1 Å². The van der Waals surface area contributed by atoms with E-state index in [1.807, 2.05) is 0 Å². The van der Waals surface area contributed by atoms with Crippen LogP contribution in [0.4, 0.5) is 0 Å². The molecule has 0 aliphatic rings. The topological polar surface area (TPSA) is 38.9 Å². The molecule has 0 saturated carbocycles. The molecule has 1 aromatic heterocycles. The monoisotopic (exact) mass is 182 g/mol. The lowest BCUT2D eigenvalue weighted by Crippen LogP contribution is -2.10. The Labute approximate surface area is 79.5 Å². The molecule has 0 unspecified atom stereocenters. The van der Waals surface area contributed by atoms with Gasteiger partial charge in [-0.05, 0) is 11.8 Å². The molecular formula is C10H18N2O. The summed E-state index contributed by atoms with van der Waals surface area (Å²) in [5, 5.41) is 3.93. The largest absolute Gasteiger partial charge is 0.339 e. The Hall–Kier alpha value is -0.860. The molecule has 13 heavy (non-hydrogen) atoms. The van der Waals surface area contributed by atoms with Gasteiger partial charge in [-0.25, -0.2) is 0 Å². The summed E-state index contributed by atoms with van der Waals surface area (Å²) < 4.78 is 5.09. The standard InChI is InChI=1S/C10H18N2O/c1-5-6-9-11-8(12-13-9)7-10(2,3)4/h5-7H2,1-4H3. The van der Waals surface area contributed by atoms with E-state index >= 15 is 0 Å². The first-order valence-corrected chi connectivity index (χ1v) is 4.83. The van der Waals surface area contributed by atoms with E-state index in [1.54, 1.807) is 0 Å². The quantitative estimate of drug-likeness (QED) is 0.721. The summed E-state index contributed by atoms with van der Waals surface area (Å²) >= 11 is 0. The summed E-state index contributed by atoms with van der Waals surface area (Å²) in [5.41, 5.74) is 0.230. The second-order valence-electron chi connectivity index (χ2n) is 4.59. The van der Waals surface area contributed by atoms with Gasteiger partial charge in [0, 0.05) is 12.8 Å². The van der Waals surface area contributed by atoms with Gasteiger partial charge in [0.1, 0.15) is 0 Å². The predicted octanol–water partition coefficient (Wildman–Crippen LogP) is 2.61. The molecule has 0 aromatic carbocycles. The zero-order valence-electron chi connectivity index (χ0n) is 8.92. The summed E-state index contributed by atoms with van der Waals surface area (Å²) in [7, 11) is 0. The van der Waals surface area contributed by atoms with Crippen molar-refractivity contribution in [3.8, 4) is 0 Å². The van der Waals surface area contributed by atoms with Gasteiger partial charge in [-0.15, -0.1) is 0 Å². The fourth-order valence-corrected chi connectivity index (χ4v) is 1.15. The summed E-state index contributed by atoms with van der Waals surface area (Å²) in [6.45, 7) is 8.61. The van der Waals surface area contributed by atoms with Gasteiger partial charge in [0.2, 0.25) is 5.89 Å². The molecule has 74 valence electrons. The summed E-state index contributed by atoms with van der Waals surface area (Å²) in [6.07, 6.45) is 2.81. The fraction of sp³-hybridized carbons (Fsp3) is 0.800. The summed E-state index contributed by atoms with van der Waals surface area (Å²) in [5.74, 6) is 1.60. The van der Waals surface area contributed by atoms with Crippen molar-refractivity contribution >= 4 is 0 Å². The summed E-state index contributed by atoms with van der Waals surface area (Å²) in [4.78, 5) is 4.31. The Morgan fingerprint density at radius 2 is 2.00 bits per heavy atom. The van der Waals surface area contributed by atoms with Crippen LogP contribution in [0.5, 0.6) is 0 Å². The Morgan fingerprint density at radius 3 is 2.54 bits per heavy atom. The highest BCUT2D eigenvalue weighted by Crippen LogP contribution is 2.18. The summed E-state index contributed by atoms with van der Waals surface area (Å²) in [6, 6.07) is 0. The number of hydrogen-bond acceptors (Lipinski definition) is 3. The SMILES string of the molecule is CCCc1nc(CC(C)(C)C)no1. The van der Waals surface area contributed by atoms with Gasteiger partial charge < -0.3 is 4.52 Å². The van der Waals surface area contributed by atoms with Gasteiger partial charge in [0.05, 0.1) is 0 Å². The fourth-order valence-electron chi connectivity index (χ4n) is 1.15. The molecule has 0 radical (unpaired) electrons. The predicted molar refractivity (Wildman–Crippen MR) is 51.5 cm³/mol. The molecule has 0 fully saturated rings. The zero-order chi connectivity index (χ0) is 9.90. The van der Waals surface area contributed by atoms with Crippen LogP contribution >= 0.6 is 0 Å². The van der Waals surface area contributed by atoms with Gasteiger partial charge in [-0.2, -0.15) is 4.98 Å². The van der Waals surface area contributed by atoms with Crippen molar-refractivity contribution in [1.29, 1.82) is 0 Å². The van der Waals surface area contributed by atoms with Gasteiger partial charge in [-0.3, -0.25) is 0 Å². The lowest BCUT2D eigenvalue weighted by atomic mass is 9.92. The molecule has 0 amide bonds. The third kappa shape index (κ3) is 3.57. The first-order chi connectivity index (χ1) is 6.01. The Morgan fingerprint density at radius 1 is 1.31 bits per heavy atom. The lowest BCUT2D eigenvalue weighted by molar-refractivity contribution is 0.354. The number of nitrogens with zero attached hydrogens (tertiary/aromatic N) is 2. The molecule has 0 saturated heterocycles. The van der Waals surface area contributed by atoms with Crippen LogP contribution in [0.15, 0.2) is 4.52 Å². The van der Waals surface area contributed by atoms with Crippen molar-refractivity contribution in [2.24, 2.45) is 5.41 Å². The van der Waals surface area contributed by atoms with Crippen LogP contribution in [0.2, 0.25) is 0 Å².